The summed E-state index contributed by atoms with van der Waals surface area (Å²) in [4.78, 5) is 15.1. The summed E-state index contributed by atoms with van der Waals surface area (Å²) in [5, 5.41) is 0. The number of benzene rings is 1. The Bertz CT molecular complexity index is 432. The van der Waals surface area contributed by atoms with Crippen molar-refractivity contribution in [2.75, 3.05) is 5.75 Å². The molecule has 1 aliphatic heterocycles. The van der Waals surface area contributed by atoms with E-state index in [2.05, 4.69) is 11.1 Å². The molecule has 1 aromatic rings. The van der Waals surface area contributed by atoms with Gasteiger partial charge in [0.1, 0.15) is 4.38 Å². The Balaban J connectivity index is 1.98. The molecule has 1 amide bonds. The summed E-state index contributed by atoms with van der Waals surface area (Å²) < 4.78 is 1.03. The first-order chi connectivity index (χ1) is 7.75. The van der Waals surface area contributed by atoms with E-state index >= 15 is 0 Å². The predicted octanol–water partition coefficient (Wildman–Crippen LogP) is 2.53. The molecule has 2 N–H and O–H groups in total. The van der Waals surface area contributed by atoms with Gasteiger partial charge in [0.2, 0.25) is 5.91 Å². The second-order valence-electron chi connectivity index (χ2n) is 3.36. The molecule has 0 spiro atoms. The van der Waals surface area contributed by atoms with Crippen LogP contribution in [0.5, 0.6) is 0 Å². The fourth-order valence-corrected chi connectivity index (χ4v) is 3.41. The molecule has 0 fully saturated rings. The first kappa shape index (κ1) is 11.5. The lowest BCUT2D eigenvalue weighted by Gasteiger charge is -2.13. The molecule has 0 aromatic heterocycles. The Morgan fingerprint density at radius 2 is 2.31 bits per heavy atom. The Hall–Kier alpha value is -0.940. The molecule has 2 rings (SSSR count). The molecule has 84 valence electrons. The molecule has 0 bridgehead atoms. The summed E-state index contributed by atoms with van der Waals surface area (Å²) in [6.07, 6.45) is 0.409. The number of hydrogen-bond donors (Lipinski definition) is 1. The number of aliphatic imine (C=N–C) groups is 1. The molecule has 0 radical (unpaired) electrons. The Kier molecular flexibility index (Phi) is 3.90. The topological polar surface area (TPSA) is 55.5 Å². The van der Waals surface area contributed by atoms with E-state index in [1.54, 1.807) is 23.5 Å². The highest BCUT2D eigenvalue weighted by atomic mass is 32.2. The van der Waals surface area contributed by atoms with E-state index in [0.717, 1.165) is 15.8 Å². The van der Waals surface area contributed by atoms with Crippen molar-refractivity contribution in [2.24, 2.45) is 10.7 Å². The van der Waals surface area contributed by atoms with Gasteiger partial charge in [0.25, 0.3) is 0 Å². The monoisotopic (exact) mass is 252 g/mol. The second kappa shape index (κ2) is 5.41. The van der Waals surface area contributed by atoms with E-state index in [1.807, 2.05) is 18.2 Å². The lowest BCUT2D eigenvalue weighted by atomic mass is 10.2. The summed E-state index contributed by atoms with van der Waals surface area (Å²) in [6, 6.07) is 8.13. The fraction of sp³-hybridized carbons (Fsp3) is 0.273. The van der Waals surface area contributed by atoms with Crippen LogP contribution < -0.4 is 5.73 Å². The number of rotatable bonds is 3. The molecule has 0 atom stereocenters. The van der Waals surface area contributed by atoms with Crippen LogP contribution in [0.25, 0.3) is 0 Å². The third kappa shape index (κ3) is 3.02. The quantitative estimate of drug-likeness (QED) is 0.899. The average Bonchev–Trinajstić information content (AvgIpc) is 2.28. The zero-order chi connectivity index (χ0) is 11.4. The van der Waals surface area contributed by atoms with Gasteiger partial charge in [-0.3, -0.25) is 4.79 Å². The van der Waals surface area contributed by atoms with Gasteiger partial charge in [-0.15, -0.1) is 0 Å². The van der Waals surface area contributed by atoms with Gasteiger partial charge in [0.15, 0.2) is 0 Å². The van der Waals surface area contributed by atoms with Gasteiger partial charge in [-0.2, -0.15) is 0 Å². The third-order valence-electron chi connectivity index (χ3n) is 2.13. The van der Waals surface area contributed by atoms with Crippen LogP contribution in [0.1, 0.15) is 12.0 Å². The van der Waals surface area contributed by atoms with Gasteiger partial charge >= 0.3 is 0 Å². The minimum absolute atomic E-state index is 0.255. The number of amides is 1. The molecule has 1 heterocycles. The number of carbonyl (C=O) groups is 1. The predicted molar refractivity (Wildman–Crippen MR) is 71.1 cm³/mol. The smallest absolute Gasteiger partial charge is 0.218 e. The molecule has 0 unspecified atom stereocenters. The Morgan fingerprint density at radius 1 is 1.50 bits per heavy atom. The lowest BCUT2D eigenvalue weighted by Crippen LogP contribution is -2.11. The third-order valence-corrected chi connectivity index (χ3v) is 4.38. The summed E-state index contributed by atoms with van der Waals surface area (Å²) in [5.41, 5.74) is 7.40. The van der Waals surface area contributed by atoms with Crippen molar-refractivity contribution in [1.29, 1.82) is 0 Å². The molecule has 0 aliphatic carbocycles. The van der Waals surface area contributed by atoms with Crippen molar-refractivity contribution in [3.05, 3.63) is 29.8 Å². The summed E-state index contributed by atoms with van der Waals surface area (Å²) in [5.74, 6) is 1.41. The molecule has 5 heteroatoms. The molecule has 3 nitrogen and oxygen atoms in total. The van der Waals surface area contributed by atoms with Gasteiger partial charge in [0, 0.05) is 17.9 Å². The fourth-order valence-electron chi connectivity index (χ4n) is 1.32. The number of carbonyl (C=O) groups excluding carboxylic acids is 1. The van der Waals surface area contributed by atoms with Crippen molar-refractivity contribution in [2.45, 2.75) is 12.2 Å². The van der Waals surface area contributed by atoms with Crippen LogP contribution in [-0.2, 0) is 10.5 Å². The number of primary amides is 1. The van der Waals surface area contributed by atoms with E-state index < -0.39 is 0 Å². The van der Waals surface area contributed by atoms with Crippen LogP contribution in [0.15, 0.2) is 29.3 Å². The minimum atomic E-state index is -0.255. The maximum absolute atomic E-state index is 10.6. The van der Waals surface area contributed by atoms with E-state index in [1.165, 1.54) is 5.56 Å². The number of nitrogens with zero attached hydrogens (tertiary/aromatic N) is 1. The van der Waals surface area contributed by atoms with Crippen LogP contribution in [0.4, 0.5) is 5.69 Å². The lowest BCUT2D eigenvalue weighted by molar-refractivity contribution is -0.117. The summed E-state index contributed by atoms with van der Waals surface area (Å²) >= 11 is 3.32. The largest absolute Gasteiger partial charge is 0.370 e. The number of nitrogens with two attached hydrogens (primary N) is 1. The summed E-state index contributed by atoms with van der Waals surface area (Å²) in [6.45, 7) is 0. The number of hydrogen-bond acceptors (Lipinski definition) is 4. The molecule has 16 heavy (non-hydrogen) atoms. The van der Waals surface area contributed by atoms with E-state index in [0.29, 0.717) is 12.2 Å². The second-order valence-corrected chi connectivity index (χ2v) is 5.67. The first-order valence-corrected chi connectivity index (χ1v) is 6.93. The SMILES string of the molecule is NC(=O)CCSC1=Nc2ccccc2CS1. The number of para-hydroxylation sites is 1. The van der Waals surface area contributed by atoms with E-state index in [9.17, 15) is 4.79 Å². The molecular formula is C11H12N2OS2. The van der Waals surface area contributed by atoms with Crippen molar-refractivity contribution in [1.82, 2.24) is 0 Å². The zero-order valence-corrected chi connectivity index (χ0v) is 10.3. The Labute approximate surface area is 103 Å². The molecule has 1 aromatic carbocycles. The van der Waals surface area contributed by atoms with Crippen molar-refractivity contribution in [3.8, 4) is 0 Å². The van der Waals surface area contributed by atoms with Crippen molar-refractivity contribution < 1.29 is 4.79 Å². The maximum Gasteiger partial charge on any atom is 0.218 e. The van der Waals surface area contributed by atoms with Crippen LogP contribution in [0.2, 0.25) is 0 Å². The highest BCUT2D eigenvalue weighted by Crippen LogP contribution is 2.34. The molecule has 1 aliphatic rings. The van der Waals surface area contributed by atoms with Crippen LogP contribution in [0, 0.1) is 0 Å². The van der Waals surface area contributed by atoms with Crippen LogP contribution in [-0.4, -0.2) is 16.0 Å². The Morgan fingerprint density at radius 3 is 3.12 bits per heavy atom. The van der Waals surface area contributed by atoms with Crippen LogP contribution in [0.3, 0.4) is 0 Å². The normalized spacial score (nSPS) is 14.1. The minimum Gasteiger partial charge on any atom is -0.370 e. The van der Waals surface area contributed by atoms with Gasteiger partial charge in [-0.1, -0.05) is 41.7 Å². The maximum atomic E-state index is 10.6. The van der Waals surface area contributed by atoms with Gasteiger partial charge in [0.05, 0.1) is 5.69 Å². The standard InChI is InChI=1S/C11H12N2OS2/c12-10(14)5-6-15-11-13-9-4-2-1-3-8(9)7-16-11/h1-4H,5-7H2,(H2,12,14). The number of fused-ring (bicyclic) bond motifs is 1. The molecule has 0 saturated carbocycles. The molecular weight excluding hydrogens is 240 g/mol. The first-order valence-electron chi connectivity index (χ1n) is 4.96. The van der Waals surface area contributed by atoms with Crippen LogP contribution >= 0.6 is 23.5 Å². The highest BCUT2D eigenvalue weighted by Gasteiger charge is 2.12. The van der Waals surface area contributed by atoms with Gasteiger partial charge < -0.3 is 5.73 Å². The van der Waals surface area contributed by atoms with E-state index in [4.69, 9.17) is 5.73 Å². The highest BCUT2D eigenvalue weighted by molar-refractivity contribution is 8.38. The van der Waals surface area contributed by atoms with E-state index in [-0.39, 0.29) is 5.91 Å². The van der Waals surface area contributed by atoms with Gasteiger partial charge in [-0.25, -0.2) is 4.99 Å². The zero-order valence-electron chi connectivity index (χ0n) is 8.68. The summed E-state index contributed by atoms with van der Waals surface area (Å²) in [7, 11) is 0. The molecule has 0 saturated heterocycles. The average molecular weight is 252 g/mol. The van der Waals surface area contributed by atoms with Crippen molar-refractivity contribution in [3.63, 3.8) is 0 Å². The number of thioether (sulfide) groups is 2. The van der Waals surface area contributed by atoms with Crippen molar-refractivity contribution >= 4 is 39.5 Å². The van der Waals surface area contributed by atoms with Gasteiger partial charge in [-0.05, 0) is 11.6 Å².